The Labute approximate surface area is 102 Å². The number of nitrogens with zero attached hydrogens (tertiary/aromatic N) is 1. The Hall–Kier alpha value is -1.29. The van der Waals surface area contributed by atoms with Crippen molar-refractivity contribution in [3.05, 3.63) is 40.4 Å². The highest BCUT2D eigenvalue weighted by atomic mass is 35.5. The van der Waals surface area contributed by atoms with E-state index in [-0.39, 0.29) is 10.6 Å². The zero-order valence-electron chi connectivity index (χ0n) is 8.76. The predicted molar refractivity (Wildman–Crippen MR) is 62.4 cm³/mol. The van der Waals surface area contributed by atoms with Crippen LogP contribution in [-0.2, 0) is 6.18 Å². The van der Waals surface area contributed by atoms with Crippen LogP contribution in [0.1, 0.15) is 17.5 Å². The van der Waals surface area contributed by atoms with E-state index in [4.69, 9.17) is 11.6 Å². The van der Waals surface area contributed by atoms with Crippen molar-refractivity contribution >= 4 is 23.4 Å². The van der Waals surface area contributed by atoms with Crippen LogP contribution in [0.5, 0.6) is 0 Å². The molecule has 0 unspecified atom stereocenters. The standard InChI is InChI=1S/C12H9ClF3N/c13-10-3-1-2-9(11(10)12(14,15)16)8-4-6-17-7-5-8/h1-4,6H,5,7H2. The Morgan fingerprint density at radius 2 is 2.00 bits per heavy atom. The second kappa shape index (κ2) is 4.53. The Kier molecular flexibility index (Phi) is 3.24. The molecule has 2 rings (SSSR count). The number of benzene rings is 1. The summed E-state index contributed by atoms with van der Waals surface area (Å²) in [5, 5.41) is -0.265. The van der Waals surface area contributed by atoms with E-state index in [1.54, 1.807) is 6.08 Å². The molecule has 5 heteroatoms. The van der Waals surface area contributed by atoms with Gasteiger partial charge in [0.05, 0.1) is 10.6 Å². The van der Waals surface area contributed by atoms with Gasteiger partial charge < -0.3 is 0 Å². The van der Waals surface area contributed by atoms with Crippen LogP contribution >= 0.6 is 11.6 Å². The lowest BCUT2D eigenvalue weighted by molar-refractivity contribution is -0.137. The third kappa shape index (κ3) is 2.52. The summed E-state index contributed by atoms with van der Waals surface area (Å²) in [6.45, 7) is 0.510. The Morgan fingerprint density at radius 3 is 2.59 bits per heavy atom. The average molecular weight is 260 g/mol. The second-order valence-corrected chi connectivity index (χ2v) is 4.06. The maximum atomic E-state index is 12.9. The number of hydrogen-bond acceptors (Lipinski definition) is 1. The number of halogens is 4. The van der Waals surface area contributed by atoms with Crippen LogP contribution in [0.15, 0.2) is 29.3 Å². The van der Waals surface area contributed by atoms with E-state index in [0.717, 1.165) is 0 Å². The molecule has 0 N–H and O–H groups in total. The van der Waals surface area contributed by atoms with E-state index >= 15 is 0 Å². The molecule has 0 saturated heterocycles. The molecular weight excluding hydrogens is 251 g/mol. The number of dihydropyridines is 1. The van der Waals surface area contributed by atoms with Crippen molar-refractivity contribution in [3.8, 4) is 0 Å². The second-order valence-electron chi connectivity index (χ2n) is 3.66. The molecule has 0 fully saturated rings. The van der Waals surface area contributed by atoms with Crippen LogP contribution in [-0.4, -0.2) is 12.8 Å². The smallest absolute Gasteiger partial charge is 0.293 e. The van der Waals surface area contributed by atoms with Gasteiger partial charge in [-0.15, -0.1) is 0 Å². The predicted octanol–water partition coefficient (Wildman–Crippen LogP) is 4.22. The zero-order valence-corrected chi connectivity index (χ0v) is 9.52. The van der Waals surface area contributed by atoms with Gasteiger partial charge >= 0.3 is 6.18 Å². The van der Waals surface area contributed by atoms with Gasteiger partial charge in [0.15, 0.2) is 0 Å². The van der Waals surface area contributed by atoms with E-state index in [9.17, 15) is 13.2 Å². The molecule has 0 amide bonds. The van der Waals surface area contributed by atoms with E-state index in [2.05, 4.69) is 4.99 Å². The SMILES string of the molecule is FC(F)(F)c1c(Cl)cccc1C1=CC=NCC1. The van der Waals surface area contributed by atoms with Gasteiger partial charge in [-0.05, 0) is 29.7 Å². The average Bonchev–Trinajstić information content (AvgIpc) is 2.28. The number of allylic oxidation sites excluding steroid dienone is 1. The van der Waals surface area contributed by atoms with E-state index in [1.165, 1.54) is 24.4 Å². The number of hydrogen-bond donors (Lipinski definition) is 0. The van der Waals surface area contributed by atoms with E-state index in [1.807, 2.05) is 0 Å². The Balaban J connectivity index is 2.58. The van der Waals surface area contributed by atoms with Crippen LogP contribution in [0.2, 0.25) is 5.02 Å². The van der Waals surface area contributed by atoms with Crippen molar-refractivity contribution in [2.75, 3.05) is 6.54 Å². The van der Waals surface area contributed by atoms with Gasteiger partial charge in [0, 0.05) is 12.8 Å². The van der Waals surface area contributed by atoms with Crippen molar-refractivity contribution in [1.29, 1.82) is 0 Å². The van der Waals surface area contributed by atoms with Crippen LogP contribution in [0, 0.1) is 0 Å². The monoisotopic (exact) mass is 259 g/mol. The van der Waals surface area contributed by atoms with Crippen LogP contribution < -0.4 is 0 Å². The molecule has 0 saturated carbocycles. The van der Waals surface area contributed by atoms with Gasteiger partial charge in [0.1, 0.15) is 0 Å². The van der Waals surface area contributed by atoms with Crippen molar-refractivity contribution in [1.82, 2.24) is 0 Å². The lowest BCUT2D eigenvalue weighted by atomic mass is 9.96. The fourth-order valence-corrected chi connectivity index (χ4v) is 2.07. The summed E-state index contributed by atoms with van der Waals surface area (Å²) in [5.74, 6) is 0. The summed E-state index contributed by atoms with van der Waals surface area (Å²) in [5.41, 5.74) is 0.00851. The molecule has 1 nitrogen and oxygen atoms in total. The summed E-state index contributed by atoms with van der Waals surface area (Å²) in [7, 11) is 0. The molecule has 1 aliphatic heterocycles. The topological polar surface area (TPSA) is 12.4 Å². The minimum Gasteiger partial charge on any atom is -0.293 e. The van der Waals surface area contributed by atoms with Gasteiger partial charge in [0.25, 0.3) is 0 Å². The molecule has 1 heterocycles. The quantitative estimate of drug-likeness (QED) is 0.716. The number of rotatable bonds is 1. The molecule has 0 aromatic heterocycles. The molecule has 0 bridgehead atoms. The van der Waals surface area contributed by atoms with Gasteiger partial charge in [-0.3, -0.25) is 4.99 Å². The zero-order chi connectivity index (χ0) is 12.5. The molecule has 0 aliphatic carbocycles. The van der Waals surface area contributed by atoms with Crippen LogP contribution in [0.4, 0.5) is 13.2 Å². The summed E-state index contributed by atoms with van der Waals surface area (Å²) >= 11 is 5.65. The summed E-state index contributed by atoms with van der Waals surface area (Å²) < 4.78 is 38.8. The fourth-order valence-electron chi connectivity index (χ4n) is 1.79. The first-order valence-corrected chi connectivity index (χ1v) is 5.43. The molecule has 0 radical (unpaired) electrons. The van der Waals surface area contributed by atoms with Gasteiger partial charge in [0.2, 0.25) is 0 Å². The van der Waals surface area contributed by atoms with Crippen molar-refractivity contribution in [3.63, 3.8) is 0 Å². The largest absolute Gasteiger partial charge is 0.418 e. The first kappa shape index (κ1) is 12.2. The third-order valence-corrected chi connectivity index (χ3v) is 2.85. The Bertz CT molecular complexity index is 489. The maximum absolute atomic E-state index is 12.9. The first-order valence-electron chi connectivity index (χ1n) is 5.05. The van der Waals surface area contributed by atoms with Crippen LogP contribution in [0.25, 0.3) is 5.57 Å². The first-order chi connectivity index (χ1) is 8.00. The lowest BCUT2D eigenvalue weighted by Gasteiger charge is -2.17. The highest BCUT2D eigenvalue weighted by Crippen LogP contribution is 2.40. The van der Waals surface area contributed by atoms with E-state index < -0.39 is 11.7 Å². The molecule has 1 aromatic rings. The van der Waals surface area contributed by atoms with Crippen LogP contribution in [0.3, 0.4) is 0 Å². The number of aliphatic imine (C=N–C) groups is 1. The molecule has 90 valence electrons. The Morgan fingerprint density at radius 1 is 1.24 bits per heavy atom. The molecule has 1 aromatic carbocycles. The summed E-state index contributed by atoms with van der Waals surface area (Å²) in [6.07, 6.45) is -0.812. The lowest BCUT2D eigenvalue weighted by Crippen LogP contribution is -2.10. The van der Waals surface area contributed by atoms with Crippen molar-refractivity contribution < 1.29 is 13.2 Å². The summed E-state index contributed by atoms with van der Waals surface area (Å²) in [4.78, 5) is 3.95. The molecule has 0 atom stereocenters. The number of alkyl halides is 3. The molecule has 0 spiro atoms. The third-order valence-electron chi connectivity index (χ3n) is 2.53. The highest BCUT2D eigenvalue weighted by Gasteiger charge is 2.36. The fraction of sp³-hybridized carbons (Fsp3) is 0.250. The van der Waals surface area contributed by atoms with Gasteiger partial charge in [-0.1, -0.05) is 23.7 Å². The van der Waals surface area contributed by atoms with Crippen molar-refractivity contribution in [2.24, 2.45) is 4.99 Å². The molecule has 17 heavy (non-hydrogen) atoms. The normalized spacial score (nSPS) is 15.9. The molecule has 1 aliphatic rings. The van der Waals surface area contributed by atoms with Gasteiger partial charge in [-0.25, -0.2) is 0 Å². The minimum atomic E-state index is -4.44. The van der Waals surface area contributed by atoms with Crippen molar-refractivity contribution in [2.45, 2.75) is 12.6 Å². The maximum Gasteiger partial charge on any atom is 0.418 e. The summed E-state index contributed by atoms with van der Waals surface area (Å²) in [6, 6.07) is 4.23. The van der Waals surface area contributed by atoms with Gasteiger partial charge in [-0.2, -0.15) is 13.2 Å². The van der Waals surface area contributed by atoms with E-state index in [0.29, 0.717) is 18.5 Å². The minimum absolute atomic E-state index is 0.149. The molecular formula is C12H9ClF3N. The highest BCUT2D eigenvalue weighted by molar-refractivity contribution is 6.31.